The van der Waals surface area contributed by atoms with Gasteiger partial charge in [0.15, 0.2) is 5.96 Å². The second-order valence-corrected chi connectivity index (χ2v) is 7.58. The van der Waals surface area contributed by atoms with E-state index in [-0.39, 0.29) is 0 Å². The number of anilines is 1. The van der Waals surface area contributed by atoms with Crippen LogP contribution >= 0.6 is 23.2 Å². The molecule has 1 aliphatic heterocycles. The third-order valence-electron chi connectivity index (χ3n) is 4.69. The summed E-state index contributed by atoms with van der Waals surface area (Å²) in [5.41, 5.74) is 0.951. The standard InChI is InChI=1S/C20H27Cl2N7/c1-2-23-19(27-15-16-4-5-17(21)14-18(16)22)24-8-9-28-10-12-29(13-11-28)20-25-6-3-7-26-20/h3-7,14H,2,8-13,15H2,1H3,(H2,23,24,27). The first-order valence-corrected chi connectivity index (χ1v) is 10.6. The van der Waals surface area contributed by atoms with E-state index < -0.39 is 0 Å². The Morgan fingerprint density at radius 2 is 1.86 bits per heavy atom. The fourth-order valence-electron chi connectivity index (χ4n) is 3.11. The molecule has 156 valence electrons. The minimum atomic E-state index is 0.501. The first-order chi connectivity index (χ1) is 14.2. The predicted octanol–water partition coefficient (Wildman–Crippen LogP) is 2.66. The number of hydrogen-bond donors (Lipinski definition) is 2. The minimum Gasteiger partial charge on any atom is -0.357 e. The van der Waals surface area contributed by atoms with E-state index in [1.807, 2.05) is 18.2 Å². The SMILES string of the molecule is CCNC(=NCc1ccc(Cl)cc1Cl)NCCN1CCN(c2ncccn2)CC1. The lowest BCUT2D eigenvalue weighted by atomic mass is 10.2. The van der Waals surface area contributed by atoms with E-state index in [0.717, 1.165) is 63.3 Å². The summed E-state index contributed by atoms with van der Waals surface area (Å²) in [4.78, 5) is 18.0. The Balaban J connectivity index is 1.44. The number of hydrogen-bond acceptors (Lipinski definition) is 5. The van der Waals surface area contributed by atoms with Gasteiger partial charge in [-0.2, -0.15) is 0 Å². The molecule has 0 unspecified atom stereocenters. The van der Waals surface area contributed by atoms with Gasteiger partial charge in [-0.25, -0.2) is 15.0 Å². The smallest absolute Gasteiger partial charge is 0.225 e. The zero-order chi connectivity index (χ0) is 20.5. The fraction of sp³-hybridized carbons (Fsp3) is 0.450. The zero-order valence-corrected chi connectivity index (χ0v) is 18.1. The van der Waals surface area contributed by atoms with Gasteiger partial charge in [-0.1, -0.05) is 29.3 Å². The summed E-state index contributed by atoms with van der Waals surface area (Å²) in [6.07, 6.45) is 3.58. The molecule has 0 aliphatic carbocycles. The quantitative estimate of drug-likeness (QED) is 0.514. The molecular formula is C20H27Cl2N7. The van der Waals surface area contributed by atoms with Crippen LogP contribution in [-0.4, -0.2) is 66.6 Å². The van der Waals surface area contributed by atoms with E-state index in [4.69, 9.17) is 23.2 Å². The van der Waals surface area contributed by atoms with Gasteiger partial charge in [0.1, 0.15) is 0 Å². The molecule has 0 radical (unpaired) electrons. The fourth-order valence-corrected chi connectivity index (χ4v) is 3.58. The first-order valence-electron chi connectivity index (χ1n) is 9.86. The normalized spacial score (nSPS) is 15.4. The molecule has 29 heavy (non-hydrogen) atoms. The van der Waals surface area contributed by atoms with Crippen molar-refractivity contribution in [3.05, 3.63) is 52.3 Å². The molecule has 2 aromatic rings. The summed E-state index contributed by atoms with van der Waals surface area (Å²) in [7, 11) is 0. The van der Waals surface area contributed by atoms with Gasteiger partial charge in [0.2, 0.25) is 5.95 Å². The van der Waals surface area contributed by atoms with Crippen molar-refractivity contribution in [2.75, 3.05) is 50.7 Å². The van der Waals surface area contributed by atoms with Gasteiger partial charge in [-0.05, 0) is 30.7 Å². The first kappa shape index (κ1) is 21.6. The molecule has 1 aromatic carbocycles. The number of halogens is 2. The van der Waals surface area contributed by atoms with Crippen molar-refractivity contribution in [1.29, 1.82) is 0 Å². The average molecular weight is 436 g/mol. The number of rotatable bonds is 7. The Morgan fingerprint density at radius 3 is 2.55 bits per heavy atom. The summed E-state index contributed by atoms with van der Waals surface area (Å²) in [6.45, 7) is 8.99. The summed E-state index contributed by atoms with van der Waals surface area (Å²) in [5.74, 6) is 1.60. The van der Waals surface area contributed by atoms with Crippen molar-refractivity contribution in [2.45, 2.75) is 13.5 Å². The molecule has 1 fully saturated rings. The number of piperazine rings is 1. The Hall–Kier alpha value is -2.09. The van der Waals surface area contributed by atoms with Crippen LogP contribution in [0.5, 0.6) is 0 Å². The monoisotopic (exact) mass is 435 g/mol. The van der Waals surface area contributed by atoms with E-state index in [1.165, 1.54) is 0 Å². The van der Waals surface area contributed by atoms with Crippen molar-refractivity contribution in [3.8, 4) is 0 Å². The van der Waals surface area contributed by atoms with Crippen molar-refractivity contribution in [2.24, 2.45) is 4.99 Å². The lowest BCUT2D eigenvalue weighted by Gasteiger charge is -2.34. The highest BCUT2D eigenvalue weighted by atomic mass is 35.5. The Labute approximate surface area is 182 Å². The molecule has 2 heterocycles. The molecule has 0 bridgehead atoms. The van der Waals surface area contributed by atoms with Gasteiger partial charge >= 0.3 is 0 Å². The van der Waals surface area contributed by atoms with Crippen molar-refractivity contribution < 1.29 is 0 Å². The largest absolute Gasteiger partial charge is 0.357 e. The van der Waals surface area contributed by atoms with E-state index in [0.29, 0.717) is 16.6 Å². The zero-order valence-electron chi connectivity index (χ0n) is 16.6. The van der Waals surface area contributed by atoms with Crippen LogP contribution in [-0.2, 0) is 6.54 Å². The van der Waals surface area contributed by atoms with Gasteiger partial charge in [0.25, 0.3) is 0 Å². The maximum Gasteiger partial charge on any atom is 0.225 e. The van der Waals surface area contributed by atoms with Crippen LogP contribution in [0.15, 0.2) is 41.7 Å². The molecule has 1 saturated heterocycles. The van der Waals surface area contributed by atoms with Crippen LogP contribution in [0.2, 0.25) is 10.0 Å². The summed E-state index contributed by atoms with van der Waals surface area (Å²) < 4.78 is 0. The molecule has 3 rings (SSSR count). The van der Waals surface area contributed by atoms with Crippen molar-refractivity contribution in [1.82, 2.24) is 25.5 Å². The maximum atomic E-state index is 6.24. The Kier molecular flexibility index (Phi) is 8.34. The van der Waals surface area contributed by atoms with Crippen LogP contribution in [0.25, 0.3) is 0 Å². The van der Waals surface area contributed by atoms with E-state index in [2.05, 4.69) is 42.3 Å². The van der Waals surface area contributed by atoms with Gasteiger partial charge < -0.3 is 15.5 Å². The van der Waals surface area contributed by atoms with Gasteiger partial charge in [-0.3, -0.25) is 4.90 Å². The molecule has 0 spiro atoms. The summed E-state index contributed by atoms with van der Waals surface area (Å²) >= 11 is 12.2. The van der Waals surface area contributed by atoms with Crippen molar-refractivity contribution >= 4 is 35.1 Å². The Bertz CT molecular complexity index is 793. The van der Waals surface area contributed by atoms with Crippen LogP contribution in [0.3, 0.4) is 0 Å². The number of nitrogens with one attached hydrogen (secondary N) is 2. The van der Waals surface area contributed by atoms with Crippen molar-refractivity contribution in [3.63, 3.8) is 0 Å². The molecule has 9 heteroatoms. The van der Waals surface area contributed by atoms with Gasteiger partial charge in [0, 0.05) is 68.3 Å². The molecule has 1 aromatic heterocycles. The Morgan fingerprint density at radius 1 is 1.10 bits per heavy atom. The molecule has 0 amide bonds. The summed E-state index contributed by atoms with van der Waals surface area (Å²) in [5, 5.41) is 7.95. The van der Waals surface area contributed by atoms with E-state index in [1.54, 1.807) is 18.5 Å². The van der Waals surface area contributed by atoms with E-state index in [9.17, 15) is 0 Å². The molecule has 1 aliphatic rings. The number of aliphatic imine (C=N–C) groups is 1. The minimum absolute atomic E-state index is 0.501. The van der Waals surface area contributed by atoms with E-state index >= 15 is 0 Å². The highest BCUT2D eigenvalue weighted by Gasteiger charge is 2.18. The number of aromatic nitrogens is 2. The summed E-state index contributed by atoms with van der Waals surface area (Å²) in [6, 6.07) is 7.33. The number of guanidine groups is 1. The highest BCUT2D eigenvalue weighted by molar-refractivity contribution is 6.35. The second-order valence-electron chi connectivity index (χ2n) is 6.74. The lowest BCUT2D eigenvalue weighted by molar-refractivity contribution is 0.260. The van der Waals surface area contributed by atoms with Crippen LogP contribution < -0.4 is 15.5 Å². The maximum absolute atomic E-state index is 6.24. The van der Waals surface area contributed by atoms with Crippen LogP contribution in [0, 0.1) is 0 Å². The third kappa shape index (κ3) is 6.73. The second kappa shape index (κ2) is 11.2. The third-order valence-corrected chi connectivity index (χ3v) is 5.28. The van der Waals surface area contributed by atoms with Gasteiger partial charge in [-0.15, -0.1) is 0 Å². The molecule has 2 N–H and O–H groups in total. The van der Waals surface area contributed by atoms with Crippen LogP contribution in [0.4, 0.5) is 5.95 Å². The molecular weight excluding hydrogens is 409 g/mol. The van der Waals surface area contributed by atoms with Crippen LogP contribution in [0.1, 0.15) is 12.5 Å². The lowest BCUT2D eigenvalue weighted by Crippen LogP contribution is -2.49. The number of benzene rings is 1. The average Bonchev–Trinajstić information content (AvgIpc) is 2.74. The molecule has 7 nitrogen and oxygen atoms in total. The molecule has 0 atom stereocenters. The topological polar surface area (TPSA) is 68.7 Å². The molecule has 0 saturated carbocycles. The van der Waals surface area contributed by atoms with Gasteiger partial charge in [0.05, 0.1) is 6.54 Å². The number of nitrogens with zero attached hydrogens (tertiary/aromatic N) is 5. The highest BCUT2D eigenvalue weighted by Crippen LogP contribution is 2.21. The predicted molar refractivity (Wildman–Crippen MR) is 120 cm³/mol.